The van der Waals surface area contributed by atoms with Crippen LogP contribution >= 0.6 is 24.0 Å². The van der Waals surface area contributed by atoms with Crippen LogP contribution in [-0.2, 0) is 19.5 Å². The lowest BCUT2D eigenvalue weighted by molar-refractivity contribution is 0.228. The molecule has 8 nitrogen and oxygen atoms in total. The average Bonchev–Trinajstić information content (AvgIpc) is 3.07. The van der Waals surface area contributed by atoms with Crippen molar-refractivity contribution < 1.29 is 4.74 Å². The van der Waals surface area contributed by atoms with Gasteiger partial charge in [0.05, 0.1) is 6.54 Å². The molecule has 1 aliphatic rings. The van der Waals surface area contributed by atoms with E-state index in [0.717, 1.165) is 61.9 Å². The number of halogens is 1. The molecule has 0 amide bonds. The van der Waals surface area contributed by atoms with Crippen LogP contribution < -0.4 is 21.1 Å². The molecule has 31 heavy (non-hydrogen) atoms. The van der Waals surface area contributed by atoms with Crippen molar-refractivity contribution in [3.63, 3.8) is 0 Å². The summed E-state index contributed by atoms with van der Waals surface area (Å²) in [7, 11) is 0. The summed E-state index contributed by atoms with van der Waals surface area (Å²) in [5.74, 6) is 2.58. The first kappa shape index (κ1) is 25.2. The molecule has 2 heterocycles. The second-order valence-corrected chi connectivity index (χ2v) is 7.72. The summed E-state index contributed by atoms with van der Waals surface area (Å²) in [6.07, 6.45) is 3.86. The van der Waals surface area contributed by atoms with Crippen molar-refractivity contribution in [1.29, 1.82) is 0 Å². The molecule has 1 aliphatic heterocycles. The maximum absolute atomic E-state index is 12.4. The molecule has 3 rings (SSSR count). The van der Waals surface area contributed by atoms with Gasteiger partial charge in [-0.2, -0.15) is 5.10 Å². The number of aliphatic imine (C=N–C) groups is 1. The zero-order valence-corrected chi connectivity index (χ0v) is 21.1. The number of nitrogens with zero attached hydrogens (tertiary/aromatic N) is 4. The van der Waals surface area contributed by atoms with Crippen LogP contribution in [0.2, 0.25) is 0 Å². The minimum absolute atomic E-state index is 0. The fourth-order valence-corrected chi connectivity index (χ4v) is 3.53. The van der Waals surface area contributed by atoms with Gasteiger partial charge in [0.15, 0.2) is 5.96 Å². The molecule has 1 unspecified atom stereocenters. The van der Waals surface area contributed by atoms with Crippen LogP contribution in [0.3, 0.4) is 0 Å². The van der Waals surface area contributed by atoms with Gasteiger partial charge in [-0.3, -0.25) is 4.57 Å². The summed E-state index contributed by atoms with van der Waals surface area (Å²) in [6, 6.07) is 8.00. The van der Waals surface area contributed by atoms with Crippen molar-refractivity contribution in [1.82, 2.24) is 25.0 Å². The Morgan fingerprint density at radius 2 is 2.10 bits per heavy atom. The molecule has 0 aliphatic carbocycles. The second kappa shape index (κ2) is 12.7. The third kappa shape index (κ3) is 7.26. The van der Waals surface area contributed by atoms with Gasteiger partial charge in [-0.25, -0.2) is 14.5 Å². The number of nitrogens with one attached hydrogen (secondary N) is 2. The Kier molecular flexibility index (Phi) is 10.4. The molecule has 2 aromatic rings. The highest BCUT2D eigenvalue weighted by Gasteiger charge is 2.16. The monoisotopic (exact) mass is 542 g/mol. The van der Waals surface area contributed by atoms with Gasteiger partial charge in [0.2, 0.25) is 0 Å². The molecule has 172 valence electrons. The molecule has 0 radical (unpaired) electrons. The fraction of sp³-hybridized carbons (Fsp3) is 0.591. The third-order valence-corrected chi connectivity index (χ3v) is 5.14. The van der Waals surface area contributed by atoms with Crippen LogP contribution in [0.15, 0.2) is 34.1 Å². The van der Waals surface area contributed by atoms with E-state index in [1.54, 1.807) is 4.68 Å². The van der Waals surface area contributed by atoms with Crippen LogP contribution in [0, 0.1) is 6.92 Å². The van der Waals surface area contributed by atoms with Crippen molar-refractivity contribution in [3.8, 4) is 5.75 Å². The number of ether oxygens (including phenoxy) is 1. The molecule has 9 heteroatoms. The van der Waals surface area contributed by atoms with E-state index in [-0.39, 0.29) is 35.8 Å². The average molecular weight is 542 g/mol. The topological polar surface area (TPSA) is 85.5 Å². The highest BCUT2D eigenvalue weighted by Crippen LogP contribution is 2.17. The van der Waals surface area contributed by atoms with Gasteiger partial charge in [-0.1, -0.05) is 18.2 Å². The Labute approximate surface area is 201 Å². The summed E-state index contributed by atoms with van der Waals surface area (Å²) in [5, 5.41) is 11.1. The molecule has 1 aromatic heterocycles. The predicted molar refractivity (Wildman–Crippen MR) is 135 cm³/mol. The number of rotatable bonds is 9. The third-order valence-electron chi connectivity index (χ3n) is 5.14. The zero-order valence-electron chi connectivity index (χ0n) is 18.8. The number of aryl methyl sites for hydroxylation is 3. The smallest absolute Gasteiger partial charge is 0.345 e. The van der Waals surface area contributed by atoms with Crippen LogP contribution in [0.5, 0.6) is 5.75 Å². The maximum Gasteiger partial charge on any atom is 0.345 e. The molecule has 0 saturated carbocycles. The number of aromatic nitrogens is 3. The molecule has 1 atom stereocenters. The fourth-order valence-electron chi connectivity index (χ4n) is 3.53. The van der Waals surface area contributed by atoms with Gasteiger partial charge >= 0.3 is 5.69 Å². The van der Waals surface area contributed by atoms with Gasteiger partial charge in [0.1, 0.15) is 17.7 Å². The Hall–Kier alpha value is -2.04. The Balaban J connectivity index is 0.00000341. The number of para-hydroxylation sites is 1. The van der Waals surface area contributed by atoms with E-state index in [1.165, 1.54) is 0 Å². The van der Waals surface area contributed by atoms with E-state index in [1.807, 2.05) is 49.6 Å². The zero-order chi connectivity index (χ0) is 21.3. The van der Waals surface area contributed by atoms with Gasteiger partial charge in [0.25, 0.3) is 0 Å². The van der Waals surface area contributed by atoms with Crippen molar-refractivity contribution in [2.45, 2.75) is 65.6 Å². The molecule has 1 aromatic carbocycles. The number of fused-ring (bicyclic) bond motifs is 1. The summed E-state index contributed by atoms with van der Waals surface area (Å²) < 4.78 is 9.42. The van der Waals surface area contributed by atoms with Gasteiger partial charge in [-0.15, -0.1) is 24.0 Å². The van der Waals surface area contributed by atoms with Crippen LogP contribution in [-0.4, -0.2) is 46.0 Å². The number of hydrogen-bond acceptors (Lipinski definition) is 4. The molecule has 2 N–H and O–H groups in total. The van der Waals surface area contributed by atoms with E-state index < -0.39 is 0 Å². The summed E-state index contributed by atoms with van der Waals surface area (Å²) in [4.78, 5) is 17.0. The van der Waals surface area contributed by atoms with Crippen LogP contribution in [0.1, 0.15) is 44.5 Å². The number of guanidine groups is 1. The molecule has 0 spiro atoms. The molecule has 0 saturated heterocycles. The first-order valence-corrected chi connectivity index (χ1v) is 11.0. The minimum atomic E-state index is -0.0306. The van der Waals surface area contributed by atoms with E-state index in [2.05, 4.69) is 20.7 Å². The van der Waals surface area contributed by atoms with E-state index in [9.17, 15) is 4.79 Å². The predicted octanol–water partition coefficient (Wildman–Crippen LogP) is 2.72. The molecule has 0 bridgehead atoms. The van der Waals surface area contributed by atoms with E-state index in [0.29, 0.717) is 19.6 Å². The SMILES string of the molecule is CCNC(=NCC(C)Oc1ccccc1C)NCCCn1nc2n(c1=O)CCCC2.I. The van der Waals surface area contributed by atoms with Crippen molar-refractivity contribution >= 4 is 29.9 Å². The second-order valence-electron chi connectivity index (χ2n) is 7.72. The van der Waals surface area contributed by atoms with Gasteiger partial charge < -0.3 is 15.4 Å². The maximum atomic E-state index is 12.4. The van der Waals surface area contributed by atoms with Crippen molar-refractivity contribution in [2.24, 2.45) is 4.99 Å². The Morgan fingerprint density at radius 3 is 2.84 bits per heavy atom. The van der Waals surface area contributed by atoms with E-state index in [4.69, 9.17) is 4.74 Å². The lowest BCUT2D eigenvalue weighted by atomic mass is 10.2. The lowest BCUT2D eigenvalue weighted by Gasteiger charge is -2.16. The minimum Gasteiger partial charge on any atom is -0.489 e. The number of hydrogen-bond donors (Lipinski definition) is 2. The Bertz CT molecular complexity index is 908. The largest absolute Gasteiger partial charge is 0.489 e. The molecule has 0 fully saturated rings. The summed E-state index contributed by atoms with van der Waals surface area (Å²) in [6.45, 7) is 9.56. The van der Waals surface area contributed by atoms with E-state index >= 15 is 0 Å². The highest BCUT2D eigenvalue weighted by atomic mass is 127. The van der Waals surface area contributed by atoms with Crippen LogP contribution in [0.25, 0.3) is 0 Å². The Morgan fingerprint density at radius 1 is 1.29 bits per heavy atom. The van der Waals surface area contributed by atoms with Crippen molar-refractivity contribution in [3.05, 3.63) is 46.1 Å². The summed E-state index contributed by atoms with van der Waals surface area (Å²) in [5.41, 5.74) is 1.14. The first-order chi connectivity index (χ1) is 14.6. The van der Waals surface area contributed by atoms with Gasteiger partial charge in [-0.05, 0) is 51.7 Å². The molecular weight excluding hydrogens is 507 g/mol. The van der Waals surface area contributed by atoms with Crippen molar-refractivity contribution in [2.75, 3.05) is 19.6 Å². The number of benzene rings is 1. The summed E-state index contributed by atoms with van der Waals surface area (Å²) >= 11 is 0. The standard InChI is InChI=1S/C22H34N6O2.HI/c1-4-23-21(25-16-18(3)30-19-11-6-5-10-17(19)2)24-13-9-15-28-22(29)27-14-8-7-12-20(27)26-28;/h5-6,10-11,18H,4,7-9,12-16H2,1-3H3,(H2,23,24,25);1H. The molecular formula is C22H35IN6O2. The van der Waals surface area contributed by atoms with Gasteiger partial charge in [0, 0.05) is 32.6 Å². The van der Waals surface area contributed by atoms with Crippen LogP contribution in [0.4, 0.5) is 0 Å². The first-order valence-electron chi connectivity index (χ1n) is 11.0. The normalized spacial score (nSPS) is 14.4. The lowest BCUT2D eigenvalue weighted by Crippen LogP contribution is -2.39. The quantitative estimate of drug-likeness (QED) is 0.220. The highest BCUT2D eigenvalue weighted by molar-refractivity contribution is 14.0.